The van der Waals surface area contributed by atoms with Crippen molar-refractivity contribution in [2.45, 2.75) is 33.8 Å². The molecule has 10 heteroatoms. The van der Waals surface area contributed by atoms with Gasteiger partial charge in [0.15, 0.2) is 17.5 Å². The lowest BCUT2D eigenvalue weighted by Crippen LogP contribution is -2.42. The van der Waals surface area contributed by atoms with Gasteiger partial charge in [0, 0.05) is 26.2 Å². The lowest BCUT2D eigenvalue weighted by Gasteiger charge is -2.19. The smallest absolute Gasteiger partial charge is 0.215 e. The van der Waals surface area contributed by atoms with Crippen LogP contribution in [0.5, 0.6) is 5.75 Å². The lowest BCUT2D eigenvalue weighted by molar-refractivity contribution is 0.220. The third kappa shape index (κ3) is 9.37. The van der Waals surface area contributed by atoms with Gasteiger partial charge in [-0.25, -0.2) is 22.1 Å². The molecule has 1 atom stereocenters. The summed E-state index contributed by atoms with van der Waals surface area (Å²) in [5.41, 5.74) is 0. The van der Waals surface area contributed by atoms with Crippen molar-refractivity contribution >= 4 is 40.0 Å². The summed E-state index contributed by atoms with van der Waals surface area (Å²) in [7, 11) is -3.29. The van der Waals surface area contributed by atoms with Gasteiger partial charge in [0.25, 0.3) is 0 Å². The topological polar surface area (TPSA) is 83.0 Å². The minimum atomic E-state index is -3.29. The molecular formula is C18H32FIN4O3S. The van der Waals surface area contributed by atoms with Crippen molar-refractivity contribution in [2.24, 2.45) is 4.99 Å². The van der Waals surface area contributed by atoms with Gasteiger partial charge in [-0.2, -0.15) is 0 Å². The molecule has 0 heterocycles. The Morgan fingerprint density at radius 2 is 1.86 bits per heavy atom. The Kier molecular flexibility index (Phi) is 13.4. The van der Waals surface area contributed by atoms with E-state index < -0.39 is 15.8 Å². The molecular weight excluding hydrogens is 498 g/mol. The summed E-state index contributed by atoms with van der Waals surface area (Å²) < 4.78 is 45.0. The molecule has 0 aliphatic rings. The number of ether oxygens (including phenoxy) is 1. The van der Waals surface area contributed by atoms with Crippen LogP contribution in [0.15, 0.2) is 29.3 Å². The second-order valence-corrected chi connectivity index (χ2v) is 7.99. The van der Waals surface area contributed by atoms with E-state index in [4.69, 9.17) is 4.74 Å². The van der Waals surface area contributed by atoms with Crippen LogP contribution in [0.3, 0.4) is 0 Å². The molecule has 28 heavy (non-hydrogen) atoms. The predicted octanol–water partition coefficient (Wildman–Crippen LogP) is 2.44. The third-order valence-electron chi connectivity index (χ3n) is 3.77. The fraction of sp³-hybridized carbons (Fsp3) is 0.611. The van der Waals surface area contributed by atoms with Crippen LogP contribution in [-0.2, 0) is 10.0 Å². The molecule has 7 nitrogen and oxygen atoms in total. The lowest BCUT2D eigenvalue weighted by atomic mass is 10.3. The Labute approximate surface area is 185 Å². The normalized spacial score (nSPS) is 13.0. The van der Waals surface area contributed by atoms with Gasteiger partial charge in [-0.1, -0.05) is 26.0 Å². The van der Waals surface area contributed by atoms with Crippen molar-refractivity contribution in [3.05, 3.63) is 30.1 Å². The zero-order chi connectivity index (χ0) is 20.3. The molecule has 1 rings (SSSR count). The first-order valence-electron chi connectivity index (χ1n) is 9.25. The molecule has 2 N–H and O–H groups in total. The van der Waals surface area contributed by atoms with E-state index in [-0.39, 0.29) is 48.1 Å². The highest BCUT2D eigenvalue weighted by Crippen LogP contribution is 2.16. The molecule has 162 valence electrons. The molecule has 0 radical (unpaired) electrons. The van der Waals surface area contributed by atoms with E-state index in [9.17, 15) is 12.8 Å². The molecule has 0 bridgehead atoms. The zero-order valence-electron chi connectivity index (χ0n) is 16.9. The van der Waals surface area contributed by atoms with Crippen molar-refractivity contribution < 1.29 is 17.5 Å². The number of hydrogen-bond acceptors (Lipinski definition) is 4. The standard InChI is InChI=1S/C18H31FN4O3S.HI/c1-5-20-18(21-12-13-27(24,25)23(6-2)7-3)22-14-15(4)26-17-11-9-8-10-16(17)19;/h8-11,15H,5-7,12-14H2,1-4H3,(H2,20,21,22);1H. The van der Waals surface area contributed by atoms with Crippen LogP contribution in [0.2, 0.25) is 0 Å². The van der Waals surface area contributed by atoms with Gasteiger partial charge >= 0.3 is 0 Å². The highest BCUT2D eigenvalue weighted by atomic mass is 127. The van der Waals surface area contributed by atoms with Crippen molar-refractivity contribution in [1.29, 1.82) is 0 Å². The Balaban J connectivity index is 0.00000729. The third-order valence-corrected chi connectivity index (χ3v) is 5.79. The minimum Gasteiger partial charge on any atom is -0.486 e. The average molecular weight is 530 g/mol. The summed E-state index contributed by atoms with van der Waals surface area (Å²) in [6, 6.07) is 6.21. The van der Waals surface area contributed by atoms with E-state index in [1.54, 1.807) is 25.1 Å². The monoisotopic (exact) mass is 530 g/mol. The average Bonchev–Trinajstić information content (AvgIpc) is 2.62. The van der Waals surface area contributed by atoms with Crippen LogP contribution in [-0.4, -0.2) is 63.3 Å². The van der Waals surface area contributed by atoms with Crippen LogP contribution in [0.25, 0.3) is 0 Å². The Bertz CT molecular complexity index is 700. The molecule has 0 aliphatic heterocycles. The first kappa shape index (κ1) is 26.9. The highest BCUT2D eigenvalue weighted by molar-refractivity contribution is 14.0. The van der Waals surface area contributed by atoms with E-state index in [2.05, 4.69) is 15.6 Å². The fourth-order valence-electron chi connectivity index (χ4n) is 2.40. The van der Waals surface area contributed by atoms with Gasteiger partial charge in [-0.15, -0.1) is 24.0 Å². The van der Waals surface area contributed by atoms with Crippen LogP contribution in [0, 0.1) is 5.82 Å². The number of nitrogens with one attached hydrogen (secondary N) is 2. The molecule has 0 amide bonds. The summed E-state index contributed by atoms with van der Waals surface area (Å²) in [6.45, 7) is 9.44. The van der Waals surface area contributed by atoms with Crippen molar-refractivity contribution in [3.63, 3.8) is 0 Å². The van der Waals surface area contributed by atoms with E-state index in [0.29, 0.717) is 32.1 Å². The van der Waals surface area contributed by atoms with Crippen molar-refractivity contribution in [3.8, 4) is 5.75 Å². The van der Waals surface area contributed by atoms with Gasteiger partial charge in [0.2, 0.25) is 10.0 Å². The second-order valence-electron chi connectivity index (χ2n) is 5.91. The van der Waals surface area contributed by atoms with E-state index in [0.717, 1.165) is 0 Å². The van der Waals surface area contributed by atoms with Gasteiger partial charge in [-0.05, 0) is 26.0 Å². The largest absolute Gasteiger partial charge is 0.486 e. The van der Waals surface area contributed by atoms with E-state index in [1.165, 1.54) is 10.4 Å². The number of nitrogens with zero attached hydrogens (tertiary/aromatic N) is 2. The Morgan fingerprint density at radius 1 is 1.21 bits per heavy atom. The molecule has 0 aromatic heterocycles. The molecule has 1 aromatic carbocycles. The number of halogens is 2. The second kappa shape index (κ2) is 13.9. The minimum absolute atomic E-state index is 0. The summed E-state index contributed by atoms with van der Waals surface area (Å²) in [4.78, 5) is 4.38. The number of rotatable bonds is 11. The first-order chi connectivity index (χ1) is 12.8. The van der Waals surface area contributed by atoms with Crippen LogP contribution in [0.4, 0.5) is 4.39 Å². The summed E-state index contributed by atoms with van der Waals surface area (Å²) in [5.74, 6) is 0.250. The van der Waals surface area contributed by atoms with Crippen LogP contribution in [0.1, 0.15) is 27.7 Å². The summed E-state index contributed by atoms with van der Waals surface area (Å²) in [5, 5.41) is 6.07. The maximum atomic E-state index is 13.6. The van der Waals surface area contributed by atoms with Crippen LogP contribution >= 0.6 is 24.0 Å². The van der Waals surface area contributed by atoms with Gasteiger partial charge in [-0.3, -0.25) is 0 Å². The Hall–Kier alpha value is -1.14. The van der Waals surface area contributed by atoms with Gasteiger partial charge < -0.3 is 15.4 Å². The zero-order valence-corrected chi connectivity index (χ0v) is 20.1. The van der Waals surface area contributed by atoms with Crippen molar-refractivity contribution in [1.82, 2.24) is 14.9 Å². The van der Waals surface area contributed by atoms with E-state index in [1.807, 2.05) is 20.8 Å². The molecule has 0 spiro atoms. The summed E-state index contributed by atoms with van der Waals surface area (Å²) in [6.07, 6.45) is -0.336. The van der Waals surface area contributed by atoms with Crippen LogP contribution < -0.4 is 15.4 Å². The fourth-order valence-corrected chi connectivity index (χ4v) is 3.81. The SMILES string of the molecule is CCNC(=NCC(C)Oc1ccccc1F)NCCS(=O)(=O)N(CC)CC.I. The number of para-hydroxylation sites is 1. The number of benzene rings is 1. The predicted molar refractivity (Wildman–Crippen MR) is 123 cm³/mol. The number of aliphatic imine (C=N–C) groups is 1. The van der Waals surface area contributed by atoms with Gasteiger partial charge in [0.05, 0.1) is 12.3 Å². The molecule has 1 unspecified atom stereocenters. The van der Waals surface area contributed by atoms with Crippen molar-refractivity contribution in [2.75, 3.05) is 38.5 Å². The molecule has 0 saturated heterocycles. The molecule has 0 fully saturated rings. The maximum Gasteiger partial charge on any atom is 0.215 e. The quantitative estimate of drug-likeness (QED) is 0.261. The first-order valence-corrected chi connectivity index (χ1v) is 10.9. The number of hydrogen-bond donors (Lipinski definition) is 2. The number of sulfonamides is 1. The molecule has 0 aliphatic carbocycles. The Morgan fingerprint density at radius 3 is 2.43 bits per heavy atom. The molecule has 0 saturated carbocycles. The highest BCUT2D eigenvalue weighted by Gasteiger charge is 2.18. The van der Waals surface area contributed by atoms with E-state index >= 15 is 0 Å². The number of guanidine groups is 1. The molecule has 1 aromatic rings. The maximum absolute atomic E-state index is 13.6. The van der Waals surface area contributed by atoms with Gasteiger partial charge in [0.1, 0.15) is 6.10 Å². The summed E-state index contributed by atoms with van der Waals surface area (Å²) >= 11 is 0.